The molecule has 0 aliphatic carbocycles. The van der Waals surface area contributed by atoms with Crippen LogP contribution in [0.4, 0.5) is 11.4 Å². The molecule has 1 N–H and O–H groups in total. The van der Waals surface area contributed by atoms with E-state index in [4.69, 9.17) is 9.47 Å². The summed E-state index contributed by atoms with van der Waals surface area (Å²) in [5, 5.41) is 2.91. The van der Waals surface area contributed by atoms with Crippen LogP contribution >= 0.6 is 0 Å². The zero-order chi connectivity index (χ0) is 21.8. The summed E-state index contributed by atoms with van der Waals surface area (Å²) in [5.41, 5.74) is 3.82. The third-order valence-electron chi connectivity index (χ3n) is 5.12. The van der Waals surface area contributed by atoms with Crippen LogP contribution in [0.2, 0.25) is 0 Å². The van der Waals surface area contributed by atoms with E-state index in [1.54, 1.807) is 29.2 Å². The van der Waals surface area contributed by atoms with Gasteiger partial charge in [-0.15, -0.1) is 0 Å². The fourth-order valence-corrected chi connectivity index (χ4v) is 3.51. The van der Waals surface area contributed by atoms with Gasteiger partial charge in [-0.2, -0.15) is 0 Å². The molecule has 3 aromatic rings. The Morgan fingerprint density at radius 2 is 1.90 bits per heavy atom. The molecule has 1 aliphatic heterocycles. The minimum Gasteiger partial charge on any atom is -0.492 e. The molecule has 1 aliphatic rings. The van der Waals surface area contributed by atoms with E-state index in [1.807, 2.05) is 56.3 Å². The van der Waals surface area contributed by atoms with Gasteiger partial charge in [-0.3, -0.25) is 9.59 Å². The van der Waals surface area contributed by atoms with Crippen LogP contribution < -0.4 is 19.7 Å². The Bertz CT molecular complexity index is 1130. The van der Waals surface area contributed by atoms with E-state index in [1.165, 1.54) is 0 Å². The number of carbonyl (C=O) groups is 2. The predicted octanol–water partition coefficient (Wildman–Crippen LogP) is 4.36. The minimum atomic E-state index is -0.199. The number of nitrogens with zero attached hydrogens (tertiary/aromatic N) is 1. The molecule has 0 spiro atoms. The van der Waals surface area contributed by atoms with E-state index in [0.29, 0.717) is 35.8 Å². The van der Waals surface area contributed by atoms with Crippen molar-refractivity contribution in [2.24, 2.45) is 0 Å². The largest absolute Gasteiger partial charge is 0.492 e. The summed E-state index contributed by atoms with van der Waals surface area (Å²) < 4.78 is 11.4. The molecule has 4 rings (SSSR count). The van der Waals surface area contributed by atoms with Crippen molar-refractivity contribution in [2.75, 3.05) is 30.0 Å². The normalized spacial score (nSPS) is 12.7. The van der Waals surface area contributed by atoms with Crippen molar-refractivity contribution >= 4 is 23.2 Å². The number of rotatable bonds is 6. The Morgan fingerprint density at radius 1 is 1.06 bits per heavy atom. The molecule has 1 heterocycles. The van der Waals surface area contributed by atoms with Crippen molar-refractivity contribution in [2.45, 2.75) is 13.8 Å². The molecule has 6 heteroatoms. The quantitative estimate of drug-likeness (QED) is 0.648. The molecule has 0 unspecified atom stereocenters. The maximum absolute atomic E-state index is 12.7. The summed E-state index contributed by atoms with van der Waals surface area (Å²) in [4.78, 5) is 26.8. The third-order valence-corrected chi connectivity index (χ3v) is 5.12. The highest BCUT2D eigenvalue weighted by Crippen LogP contribution is 2.34. The highest BCUT2D eigenvalue weighted by atomic mass is 16.5. The summed E-state index contributed by atoms with van der Waals surface area (Å²) in [5.74, 6) is 1.02. The van der Waals surface area contributed by atoms with Gasteiger partial charge in [-0.25, -0.2) is 0 Å². The molecular weight excluding hydrogens is 392 g/mol. The Hall–Kier alpha value is -3.80. The van der Waals surface area contributed by atoms with Gasteiger partial charge in [0.25, 0.3) is 11.8 Å². The summed E-state index contributed by atoms with van der Waals surface area (Å²) >= 11 is 0. The summed E-state index contributed by atoms with van der Waals surface area (Å²) in [6.07, 6.45) is 0. The van der Waals surface area contributed by atoms with E-state index < -0.39 is 0 Å². The molecule has 0 saturated heterocycles. The van der Waals surface area contributed by atoms with Gasteiger partial charge in [0.15, 0.2) is 6.61 Å². The second kappa shape index (κ2) is 8.92. The number of hydrogen-bond donors (Lipinski definition) is 1. The number of nitrogens with one attached hydrogen (secondary N) is 1. The van der Waals surface area contributed by atoms with Gasteiger partial charge in [0.05, 0.1) is 12.2 Å². The Morgan fingerprint density at radius 3 is 2.71 bits per heavy atom. The zero-order valence-corrected chi connectivity index (χ0v) is 17.6. The summed E-state index contributed by atoms with van der Waals surface area (Å²) in [6.45, 7) is 4.59. The average molecular weight is 416 g/mol. The van der Waals surface area contributed by atoms with Crippen LogP contribution in [0.5, 0.6) is 11.5 Å². The number of aryl methyl sites for hydroxylation is 2. The van der Waals surface area contributed by atoms with Crippen LogP contribution in [0.25, 0.3) is 0 Å². The third kappa shape index (κ3) is 4.69. The number of carbonyl (C=O) groups excluding carboxylic acids is 2. The lowest BCUT2D eigenvalue weighted by Gasteiger charge is -2.29. The highest BCUT2D eigenvalue weighted by molar-refractivity contribution is 6.06. The van der Waals surface area contributed by atoms with Crippen molar-refractivity contribution in [1.82, 2.24) is 0 Å². The Balaban J connectivity index is 1.49. The van der Waals surface area contributed by atoms with Crippen molar-refractivity contribution in [3.8, 4) is 11.5 Å². The molecule has 158 valence electrons. The predicted molar refractivity (Wildman–Crippen MR) is 120 cm³/mol. The lowest BCUT2D eigenvalue weighted by molar-refractivity contribution is -0.121. The fourth-order valence-electron chi connectivity index (χ4n) is 3.51. The van der Waals surface area contributed by atoms with Gasteiger partial charge in [-0.05, 0) is 61.4 Å². The molecular formula is C25H24N2O4. The van der Waals surface area contributed by atoms with Crippen LogP contribution in [0, 0.1) is 13.8 Å². The lowest BCUT2D eigenvalue weighted by atomic mass is 10.1. The standard InChI is InChI=1S/C25H24N2O4/c1-17-6-5-8-20(14-17)30-13-12-27-22-15-19(10-11-23(22)31-16-24(27)28)26-25(29)21-9-4-3-7-18(21)2/h3-11,14-15H,12-13,16H2,1-2H3,(H,26,29). The molecule has 31 heavy (non-hydrogen) atoms. The number of hydrogen-bond acceptors (Lipinski definition) is 4. The first-order chi connectivity index (χ1) is 15.0. The molecule has 6 nitrogen and oxygen atoms in total. The van der Waals surface area contributed by atoms with Crippen LogP contribution in [0.3, 0.4) is 0 Å². The van der Waals surface area contributed by atoms with Crippen molar-refractivity contribution in [3.05, 3.63) is 83.4 Å². The summed E-state index contributed by atoms with van der Waals surface area (Å²) in [6, 6.07) is 20.5. The second-order valence-corrected chi connectivity index (χ2v) is 7.45. The Kier molecular flexibility index (Phi) is 5.89. The first-order valence-corrected chi connectivity index (χ1v) is 10.1. The SMILES string of the molecule is Cc1cccc(OCCN2C(=O)COc3ccc(NC(=O)c4ccccc4C)cc32)c1. The molecule has 2 amide bonds. The van der Waals surface area contributed by atoms with E-state index in [0.717, 1.165) is 16.9 Å². The number of benzene rings is 3. The minimum absolute atomic E-state index is 0.0215. The molecule has 0 saturated carbocycles. The van der Waals surface area contributed by atoms with E-state index >= 15 is 0 Å². The van der Waals surface area contributed by atoms with Gasteiger partial charge >= 0.3 is 0 Å². The van der Waals surface area contributed by atoms with Gasteiger partial charge in [0, 0.05) is 11.3 Å². The molecule has 0 atom stereocenters. The zero-order valence-electron chi connectivity index (χ0n) is 17.6. The van der Waals surface area contributed by atoms with Gasteiger partial charge < -0.3 is 19.7 Å². The average Bonchev–Trinajstić information content (AvgIpc) is 2.75. The van der Waals surface area contributed by atoms with E-state index in [2.05, 4.69) is 5.32 Å². The monoisotopic (exact) mass is 416 g/mol. The Labute approximate surface area is 181 Å². The van der Waals surface area contributed by atoms with Crippen molar-refractivity contribution in [3.63, 3.8) is 0 Å². The lowest BCUT2D eigenvalue weighted by Crippen LogP contribution is -2.41. The van der Waals surface area contributed by atoms with E-state index in [9.17, 15) is 9.59 Å². The molecule has 0 radical (unpaired) electrons. The van der Waals surface area contributed by atoms with Gasteiger partial charge in [0.1, 0.15) is 18.1 Å². The number of fused-ring (bicyclic) bond motifs is 1. The first kappa shape index (κ1) is 20.5. The number of ether oxygens (including phenoxy) is 2. The maximum Gasteiger partial charge on any atom is 0.265 e. The second-order valence-electron chi connectivity index (χ2n) is 7.45. The van der Waals surface area contributed by atoms with Crippen LogP contribution in [0.1, 0.15) is 21.5 Å². The highest BCUT2D eigenvalue weighted by Gasteiger charge is 2.26. The van der Waals surface area contributed by atoms with Crippen molar-refractivity contribution < 1.29 is 19.1 Å². The van der Waals surface area contributed by atoms with Crippen LogP contribution in [0.15, 0.2) is 66.7 Å². The molecule has 0 bridgehead atoms. The van der Waals surface area contributed by atoms with Gasteiger partial charge in [-0.1, -0.05) is 30.3 Å². The number of amides is 2. The maximum atomic E-state index is 12.7. The number of anilines is 2. The van der Waals surface area contributed by atoms with Gasteiger partial charge in [0.2, 0.25) is 0 Å². The van der Waals surface area contributed by atoms with E-state index in [-0.39, 0.29) is 18.4 Å². The van der Waals surface area contributed by atoms with Crippen molar-refractivity contribution in [1.29, 1.82) is 0 Å². The molecule has 0 aromatic heterocycles. The topological polar surface area (TPSA) is 67.9 Å². The smallest absolute Gasteiger partial charge is 0.265 e. The molecule has 0 fully saturated rings. The first-order valence-electron chi connectivity index (χ1n) is 10.1. The molecule has 3 aromatic carbocycles. The van der Waals surface area contributed by atoms with Crippen LogP contribution in [-0.2, 0) is 4.79 Å². The van der Waals surface area contributed by atoms with Crippen LogP contribution in [-0.4, -0.2) is 31.6 Å². The summed E-state index contributed by atoms with van der Waals surface area (Å²) in [7, 11) is 0. The fraction of sp³-hybridized carbons (Fsp3) is 0.200.